The molecule has 1 saturated carbocycles. The highest BCUT2D eigenvalue weighted by molar-refractivity contribution is 5.71. The Morgan fingerprint density at radius 3 is 2.50 bits per heavy atom. The van der Waals surface area contributed by atoms with Crippen LogP contribution in [0.25, 0.3) is 0 Å². The van der Waals surface area contributed by atoms with Crippen LogP contribution in [-0.2, 0) is 11.2 Å². The van der Waals surface area contributed by atoms with E-state index < -0.39 is 29.2 Å². The molecule has 1 atom stereocenters. The first-order valence-electron chi connectivity index (χ1n) is 8.69. The Labute approximate surface area is 149 Å². The van der Waals surface area contributed by atoms with Crippen LogP contribution in [0.2, 0.25) is 0 Å². The number of carboxylic acids is 1. The number of hydrogen-bond donors (Lipinski definition) is 1. The summed E-state index contributed by atoms with van der Waals surface area (Å²) in [4.78, 5) is 24.0. The van der Waals surface area contributed by atoms with Gasteiger partial charge in [-0.05, 0) is 30.0 Å². The lowest BCUT2D eigenvalue weighted by Gasteiger charge is -2.18. The molecule has 26 heavy (non-hydrogen) atoms. The van der Waals surface area contributed by atoms with Crippen LogP contribution in [-0.4, -0.2) is 20.9 Å². The number of carbonyl (C=O) groups is 1. The van der Waals surface area contributed by atoms with E-state index in [0.717, 1.165) is 42.5 Å². The number of hydrogen-bond acceptors (Lipinski definition) is 3. The summed E-state index contributed by atoms with van der Waals surface area (Å²) in [6.45, 7) is 0. The van der Waals surface area contributed by atoms with E-state index >= 15 is 0 Å². The van der Waals surface area contributed by atoms with Crippen molar-refractivity contribution < 1.29 is 18.7 Å². The molecule has 1 aromatic carbocycles. The van der Waals surface area contributed by atoms with Gasteiger partial charge < -0.3 is 5.11 Å². The molecule has 138 valence electrons. The van der Waals surface area contributed by atoms with Crippen molar-refractivity contribution in [2.75, 3.05) is 0 Å². The van der Waals surface area contributed by atoms with Crippen LogP contribution in [0.4, 0.5) is 8.78 Å². The molecule has 0 aliphatic heterocycles. The van der Waals surface area contributed by atoms with Crippen molar-refractivity contribution in [1.82, 2.24) is 9.78 Å². The van der Waals surface area contributed by atoms with Gasteiger partial charge in [-0.1, -0.05) is 31.7 Å². The van der Waals surface area contributed by atoms with Crippen molar-refractivity contribution in [2.24, 2.45) is 5.92 Å². The molecule has 1 N–H and O–H groups in total. The molecule has 0 spiro atoms. The van der Waals surface area contributed by atoms with E-state index in [1.807, 2.05) is 0 Å². The maximum Gasteiger partial charge on any atom is 0.328 e. The number of benzene rings is 1. The van der Waals surface area contributed by atoms with Crippen molar-refractivity contribution in [3.8, 4) is 0 Å². The minimum atomic E-state index is -1.10. The third kappa shape index (κ3) is 3.98. The van der Waals surface area contributed by atoms with Gasteiger partial charge in [-0.15, -0.1) is 0 Å². The quantitative estimate of drug-likeness (QED) is 0.856. The minimum Gasteiger partial charge on any atom is -0.480 e. The normalized spacial score (nSPS) is 15.9. The second-order valence-electron chi connectivity index (χ2n) is 6.76. The van der Waals surface area contributed by atoms with Crippen LogP contribution in [0.15, 0.2) is 35.3 Å². The Bertz CT molecular complexity index is 840. The average Bonchev–Trinajstić information content (AvgIpc) is 3.10. The Balaban J connectivity index is 1.84. The van der Waals surface area contributed by atoms with Gasteiger partial charge in [0.1, 0.15) is 11.6 Å². The maximum absolute atomic E-state index is 13.8. The van der Waals surface area contributed by atoms with Crippen molar-refractivity contribution in [3.05, 3.63) is 63.6 Å². The zero-order valence-electron chi connectivity index (χ0n) is 14.2. The van der Waals surface area contributed by atoms with Gasteiger partial charge in [0.05, 0.1) is 6.20 Å². The number of aromatic nitrogens is 2. The maximum atomic E-state index is 13.8. The van der Waals surface area contributed by atoms with E-state index in [4.69, 9.17) is 0 Å². The van der Waals surface area contributed by atoms with E-state index in [2.05, 4.69) is 5.10 Å². The summed E-state index contributed by atoms with van der Waals surface area (Å²) in [7, 11) is 0. The van der Waals surface area contributed by atoms with Crippen molar-refractivity contribution >= 4 is 5.97 Å². The topological polar surface area (TPSA) is 72.2 Å². The molecule has 1 aliphatic carbocycles. The summed E-state index contributed by atoms with van der Waals surface area (Å²) in [5, 5.41) is 13.5. The zero-order valence-corrected chi connectivity index (χ0v) is 14.2. The van der Waals surface area contributed by atoms with Crippen LogP contribution in [0.5, 0.6) is 0 Å². The molecule has 1 heterocycles. The van der Waals surface area contributed by atoms with Gasteiger partial charge in [0, 0.05) is 18.1 Å². The van der Waals surface area contributed by atoms with Crippen molar-refractivity contribution in [2.45, 2.75) is 44.6 Å². The Kier molecular flexibility index (Phi) is 5.44. The zero-order chi connectivity index (χ0) is 18.7. The summed E-state index contributed by atoms with van der Waals surface area (Å²) in [6.07, 6.45) is 5.62. The molecule has 0 saturated heterocycles. The van der Waals surface area contributed by atoms with Crippen LogP contribution >= 0.6 is 0 Å². The Morgan fingerprint density at radius 1 is 1.27 bits per heavy atom. The summed E-state index contributed by atoms with van der Waals surface area (Å²) >= 11 is 0. The smallest absolute Gasteiger partial charge is 0.328 e. The number of carboxylic acid groups (broad SMARTS) is 1. The fourth-order valence-corrected chi connectivity index (χ4v) is 3.56. The van der Waals surface area contributed by atoms with Crippen LogP contribution in [0.1, 0.15) is 49.3 Å². The van der Waals surface area contributed by atoms with Crippen LogP contribution in [0, 0.1) is 17.6 Å². The van der Waals surface area contributed by atoms with Gasteiger partial charge in [0.2, 0.25) is 0 Å². The second kappa shape index (κ2) is 7.76. The van der Waals surface area contributed by atoms with Gasteiger partial charge in [-0.2, -0.15) is 5.10 Å². The molecule has 1 unspecified atom stereocenters. The summed E-state index contributed by atoms with van der Waals surface area (Å²) < 4.78 is 28.5. The molecular weight excluding hydrogens is 342 g/mol. The average molecular weight is 362 g/mol. The first-order valence-corrected chi connectivity index (χ1v) is 8.69. The first kappa shape index (κ1) is 18.2. The highest BCUT2D eigenvalue weighted by Gasteiger charge is 2.28. The predicted octanol–water partition coefficient (Wildman–Crippen LogP) is 3.32. The molecule has 1 fully saturated rings. The predicted molar refractivity (Wildman–Crippen MR) is 90.9 cm³/mol. The van der Waals surface area contributed by atoms with Gasteiger partial charge in [0.15, 0.2) is 6.04 Å². The number of aliphatic carboxylic acids is 1. The molecule has 0 radical (unpaired) electrons. The van der Waals surface area contributed by atoms with E-state index in [0.29, 0.717) is 12.0 Å². The summed E-state index contributed by atoms with van der Waals surface area (Å²) in [5.41, 5.74) is -0.392. The third-order valence-electron chi connectivity index (χ3n) is 4.94. The highest BCUT2D eigenvalue weighted by Crippen LogP contribution is 2.31. The minimum absolute atomic E-state index is 0.123. The van der Waals surface area contributed by atoms with Gasteiger partial charge in [0.25, 0.3) is 5.56 Å². The van der Waals surface area contributed by atoms with Gasteiger partial charge in [-0.3, -0.25) is 4.79 Å². The molecule has 1 aliphatic rings. The molecule has 3 rings (SSSR count). The van der Waals surface area contributed by atoms with E-state index in [-0.39, 0.29) is 17.9 Å². The lowest BCUT2D eigenvalue weighted by Crippen LogP contribution is -2.33. The first-order chi connectivity index (χ1) is 12.5. The summed E-state index contributed by atoms with van der Waals surface area (Å²) in [5.74, 6) is -2.21. The van der Waals surface area contributed by atoms with E-state index in [1.54, 1.807) is 0 Å². The van der Waals surface area contributed by atoms with Crippen molar-refractivity contribution in [1.29, 1.82) is 0 Å². The third-order valence-corrected chi connectivity index (χ3v) is 4.94. The fourth-order valence-electron chi connectivity index (χ4n) is 3.56. The standard InChI is InChI=1S/C19H20F2N2O3/c20-15-6-3-7-16(21)14(15)8-13-10-18(24)23(22-11-13)17(19(25)26)9-12-4-1-2-5-12/h3,6-7,10-12,17H,1-2,4-5,8-9H2,(H,25,26). The molecule has 0 amide bonds. The van der Waals surface area contributed by atoms with E-state index in [9.17, 15) is 23.5 Å². The van der Waals surface area contributed by atoms with E-state index in [1.165, 1.54) is 18.3 Å². The number of nitrogens with zero attached hydrogens (tertiary/aromatic N) is 2. The van der Waals surface area contributed by atoms with Gasteiger partial charge >= 0.3 is 5.97 Å². The van der Waals surface area contributed by atoms with Crippen LogP contribution in [0.3, 0.4) is 0 Å². The molecule has 2 aromatic rings. The Morgan fingerprint density at radius 2 is 1.92 bits per heavy atom. The van der Waals surface area contributed by atoms with Crippen molar-refractivity contribution in [3.63, 3.8) is 0 Å². The van der Waals surface area contributed by atoms with Gasteiger partial charge in [-0.25, -0.2) is 18.3 Å². The molecular formula is C19H20F2N2O3. The fraction of sp³-hybridized carbons (Fsp3) is 0.421. The highest BCUT2D eigenvalue weighted by atomic mass is 19.1. The molecule has 0 bridgehead atoms. The molecule has 7 heteroatoms. The lowest BCUT2D eigenvalue weighted by molar-refractivity contribution is -0.142. The second-order valence-corrected chi connectivity index (χ2v) is 6.76. The largest absolute Gasteiger partial charge is 0.480 e. The number of rotatable bonds is 6. The summed E-state index contributed by atoms with van der Waals surface area (Å²) in [6, 6.07) is 3.74. The Hall–Kier alpha value is -2.57. The lowest BCUT2D eigenvalue weighted by atomic mass is 9.98. The SMILES string of the molecule is O=C(O)C(CC1CCCC1)n1ncc(Cc2c(F)cccc2F)cc1=O. The molecule has 1 aromatic heterocycles. The molecule has 5 nitrogen and oxygen atoms in total. The number of halogens is 2. The van der Waals surface area contributed by atoms with Crippen LogP contribution < -0.4 is 5.56 Å². The monoisotopic (exact) mass is 362 g/mol.